The highest BCUT2D eigenvalue weighted by Gasteiger charge is 2.34. The summed E-state index contributed by atoms with van der Waals surface area (Å²) in [6.07, 6.45) is 1.46. The van der Waals surface area contributed by atoms with E-state index in [1.807, 2.05) is 0 Å². The molecule has 0 aliphatic carbocycles. The van der Waals surface area contributed by atoms with E-state index < -0.39 is 23.7 Å². The lowest BCUT2D eigenvalue weighted by Gasteiger charge is -2.13. The molecule has 0 atom stereocenters. The molecule has 0 unspecified atom stereocenters. The molecule has 10 heteroatoms. The molecule has 1 N–H and O–H groups in total. The predicted octanol–water partition coefficient (Wildman–Crippen LogP) is 3.63. The summed E-state index contributed by atoms with van der Waals surface area (Å²) >= 11 is 3.39. The minimum absolute atomic E-state index is 0.0225. The van der Waals surface area contributed by atoms with E-state index in [1.54, 1.807) is 25.1 Å². The quantitative estimate of drug-likeness (QED) is 0.333. The minimum atomic E-state index is -0.651. The van der Waals surface area contributed by atoms with Crippen molar-refractivity contribution in [2.24, 2.45) is 0 Å². The average Bonchev–Trinajstić information content (AvgIpc) is 3.02. The number of nitrogens with zero attached hydrogens (tertiary/aromatic N) is 1. The molecule has 1 fully saturated rings. The van der Waals surface area contributed by atoms with Gasteiger partial charge in [-0.15, -0.1) is 0 Å². The number of nitrogens with one attached hydrogen (secondary N) is 1. The van der Waals surface area contributed by atoms with Crippen molar-refractivity contribution in [3.05, 3.63) is 63.5 Å². The molecule has 1 aliphatic rings. The highest BCUT2D eigenvalue weighted by molar-refractivity contribution is 9.10. The van der Waals surface area contributed by atoms with Crippen molar-refractivity contribution in [3.63, 3.8) is 0 Å². The Morgan fingerprint density at radius 2 is 1.97 bits per heavy atom. The van der Waals surface area contributed by atoms with Gasteiger partial charge in [0, 0.05) is 10.0 Å². The third-order valence-electron chi connectivity index (χ3n) is 4.48. The van der Waals surface area contributed by atoms with Gasteiger partial charge in [0.25, 0.3) is 5.91 Å². The molecular weight excluding hydrogens is 487 g/mol. The van der Waals surface area contributed by atoms with E-state index in [-0.39, 0.29) is 36.8 Å². The third kappa shape index (κ3) is 5.25. The first kappa shape index (κ1) is 23.3. The Morgan fingerprint density at radius 3 is 2.66 bits per heavy atom. The molecule has 2 aromatic carbocycles. The molecule has 8 nitrogen and oxygen atoms in total. The molecule has 0 spiro atoms. The highest BCUT2D eigenvalue weighted by atomic mass is 79.9. The van der Waals surface area contributed by atoms with E-state index in [2.05, 4.69) is 21.2 Å². The average molecular weight is 507 g/mol. The molecule has 32 heavy (non-hydrogen) atoms. The van der Waals surface area contributed by atoms with Crippen molar-refractivity contribution < 1.29 is 33.0 Å². The third-order valence-corrected chi connectivity index (χ3v) is 5.17. The molecule has 1 heterocycles. The van der Waals surface area contributed by atoms with E-state index in [4.69, 9.17) is 14.2 Å². The lowest BCUT2D eigenvalue weighted by atomic mass is 10.1. The molecular formula is C22H20BrFN2O6. The highest BCUT2D eigenvalue weighted by Crippen LogP contribution is 2.35. The number of carbonyl (C=O) groups excluding carboxylic acids is 3. The summed E-state index contributed by atoms with van der Waals surface area (Å²) in [7, 11) is 1.43. The first-order chi connectivity index (χ1) is 15.3. The molecule has 0 bridgehead atoms. The Hall–Kier alpha value is -3.40. The molecule has 1 aliphatic heterocycles. The van der Waals surface area contributed by atoms with Gasteiger partial charge < -0.3 is 19.5 Å². The van der Waals surface area contributed by atoms with Crippen LogP contribution in [0.5, 0.6) is 11.5 Å². The monoisotopic (exact) mass is 506 g/mol. The Balaban J connectivity index is 1.81. The van der Waals surface area contributed by atoms with Gasteiger partial charge in [0.15, 0.2) is 18.1 Å². The van der Waals surface area contributed by atoms with Crippen LogP contribution in [0.15, 0.2) is 46.6 Å². The number of benzene rings is 2. The van der Waals surface area contributed by atoms with Gasteiger partial charge in [-0.3, -0.25) is 9.69 Å². The fourth-order valence-corrected chi connectivity index (χ4v) is 3.38. The molecule has 0 saturated carbocycles. The number of hydrogen-bond donors (Lipinski definition) is 1. The summed E-state index contributed by atoms with van der Waals surface area (Å²) in [6, 6.07) is 8.43. The van der Waals surface area contributed by atoms with Crippen molar-refractivity contribution in [3.8, 4) is 11.5 Å². The van der Waals surface area contributed by atoms with Crippen molar-refractivity contribution in [2.45, 2.75) is 13.5 Å². The molecule has 3 rings (SSSR count). The second kappa shape index (κ2) is 10.3. The van der Waals surface area contributed by atoms with E-state index in [0.717, 1.165) is 4.90 Å². The summed E-state index contributed by atoms with van der Waals surface area (Å²) < 4.78 is 30.0. The predicted molar refractivity (Wildman–Crippen MR) is 116 cm³/mol. The summed E-state index contributed by atoms with van der Waals surface area (Å²) in [5, 5.41) is 2.50. The van der Waals surface area contributed by atoms with Crippen molar-refractivity contribution in [1.82, 2.24) is 10.2 Å². The van der Waals surface area contributed by atoms with Gasteiger partial charge >= 0.3 is 12.0 Å². The fourth-order valence-electron chi connectivity index (χ4n) is 2.94. The van der Waals surface area contributed by atoms with Crippen LogP contribution in [0, 0.1) is 5.82 Å². The molecule has 3 amide bonds. The zero-order valence-corrected chi connectivity index (χ0v) is 18.9. The zero-order chi connectivity index (χ0) is 23.3. The van der Waals surface area contributed by atoms with Gasteiger partial charge in [-0.25, -0.2) is 14.0 Å². The van der Waals surface area contributed by atoms with Gasteiger partial charge in [-0.2, -0.15) is 0 Å². The normalized spacial score (nSPS) is 14.5. The smallest absolute Gasteiger partial charge is 0.344 e. The van der Waals surface area contributed by atoms with Crippen LogP contribution in [0.4, 0.5) is 9.18 Å². The Kier molecular flexibility index (Phi) is 7.47. The molecule has 0 radical (unpaired) electrons. The maximum absolute atomic E-state index is 13.9. The summed E-state index contributed by atoms with van der Waals surface area (Å²) in [5.74, 6) is -1.02. The number of ether oxygens (including phenoxy) is 3. The number of imide groups is 1. The molecule has 168 valence electrons. The van der Waals surface area contributed by atoms with E-state index in [1.165, 1.54) is 31.4 Å². The van der Waals surface area contributed by atoms with Gasteiger partial charge in [0.1, 0.15) is 11.5 Å². The van der Waals surface area contributed by atoms with Crippen molar-refractivity contribution in [1.29, 1.82) is 0 Å². The van der Waals surface area contributed by atoms with E-state index in [9.17, 15) is 18.8 Å². The van der Waals surface area contributed by atoms with Crippen LogP contribution in [0.2, 0.25) is 0 Å². The molecule has 0 aromatic heterocycles. The second-order valence-corrected chi connectivity index (χ2v) is 7.44. The summed E-state index contributed by atoms with van der Waals surface area (Å²) in [4.78, 5) is 37.5. The van der Waals surface area contributed by atoms with Gasteiger partial charge in [-0.05, 0) is 36.8 Å². The van der Waals surface area contributed by atoms with Gasteiger partial charge in [0.2, 0.25) is 0 Å². The van der Waals surface area contributed by atoms with Gasteiger partial charge in [-0.1, -0.05) is 34.1 Å². The van der Waals surface area contributed by atoms with E-state index >= 15 is 0 Å². The Bertz CT molecular complexity index is 1090. The second-order valence-electron chi connectivity index (χ2n) is 6.59. The standard InChI is InChI=1S/C22H20BrFN2O6/c1-3-31-20(27)12-32-19-10-15(23)14(9-18(19)30-2)8-17-21(28)26(22(29)25-17)11-13-6-4-5-7-16(13)24/h4-10H,3,11-12H2,1-2H3,(H,25,29)/b17-8+. The summed E-state index contributed by atoms with van der Waals surface area (Å²) in [5.41, 5.74) is 0.763. The first-order valence-electron chi connectivity index (χ1n) is 9.58. The van der Waals surface area contributed by atoms with Crippen LogP contribution in [-0.4, -0.2) is 43.1 Å². The summed E-state index contributed by atoms with van der Waals surface area (Å²) in [6.45, 7) is 1.44. The molecule has 1 saturated heterocycles. The Morgan fingerprint density at radius 1 is 1.22 bits per heavy atom. The maximum atomic E-state index is 13.9. The number of rotatable bonds is 8. The minimum Gasteiger partial charge on any atom is -0.493 e. The topological polar surface area (TPSA) is 94.2 Å². The number of halogens is 2. The number of methoxy groups -OCH3 is 1. The largest absolute Gasteiger partial charge is 0.493 e. The van der Waals surface area contributed by atoms with Gasteiger partial charge in [0.05, 0.1) is 20.3 Å². The number of urea groups is 1. The maximum Gasteiger partial charge on any atom is 0.344 e. The van der Waals surface area contributed by atoms with E-state index in [0.29, 0.717) is 15.8 Å². The number of carbonyl (C=O) groups is 3. The van der Waals surface area contributed by atoms with Crippen LogP contribution < -0.4 is 14.8 Å². The number of hydrogen-bond acceptors (Lipinski definition) is 6. The number of esters is 1. The van der Waals surface area contributed by atoms with Crippen LogP contribution in [-0.2, 0) is 20.9 Å². The zero-order valence-electron chi connectivity index (χ0n) is 17.3. The fraction of sp³-hybridized carbons (Fsp3) is 0.227. The number of amides is 3. The van der Waals surface area contributed by atoms with Crippen molar-refractivity contribution >= 4 is 39.9 Å². The Labute approximate surface area is 192 Å². The SMILES string of the molecule is CCOC(=O)COc1cc(Br)c(/C=C2/NC(=O)N(Cc3ccccc3F)C2=O)cc1OC. The van der Waals surface area contributed by atoms with Crippen molar-refractivity contribution in [2.75, 3.05) is 20.3 Å². The van der Waals surface area contributed by atoms with Crippen LogP contribution in [0.3, 0.4) is 0 Å². The van der Waals surface area contributed by atoms with Crippen LogP contribution >= 0.6 is 15.9 Å². The molecule has 2 aromatic rings. The van der Waals surface area contributed by atoms with Crippen LogP contribution in [0.25, 0.3) is 6.08 Å². The van der Waals surface area contributed by atoms with Crippen LogP contribution in [0.1, 0.15) is 18.1 Å². The lowest BCUT2D eigenvalue weighted by Crippen LogP contribution is -2.30. The lowest BCUT2D eigenvalue weighted by molar-refractivity contribution is -0.145. The first-order valence-corrected chi connectivity index (χ1v) is 10.4.